The molecular formula is C20H18N2O8. The Kier molecular flexibility index (Phi) is 5.79. The second-order valence-electron chi connectivity index (χ2n) is 6.83. The Bertz CT molecular complexity index is 1170. The monoisotopic (exact) mass is 414 g/mol. The molecule has 0 saturated carbocycles. The molecule has 0 radical (unpaired) electrons. The maximum Gasteiger partial charge on any atom is 0.325 e. The Hall–Kier alpha value is -3.79. The van der Waals surface area contributed by atoms with Gasteiger partial charge in [0.25, 0.3) is 5.69 Å². The minimum Gasteiger partial charge on any atom is -0.480 e. The number of hydrogen-bond donors (Lipinski definition) is 3. The highest BCUT2D eigenvalue weighted by atomic mass is 16.6. The summed E-state index contributed by atoms with van der Waals surface area (Å²) in [6.07, 6.45) is -0.233. The molecule has 0 aliphatic heterocycles. The van der Waals surface area contributed by atoms with Crippen LogP contribution in [0.25, 0.3) is 21.9 Å². The SMILES string of the molecule is CC(=O)CCC(NC(C(=O)O)c1cc2c(cc1[N+](=O)[O-])oc1ccccc12)C(=O)O. The number of nitrogens with zero attached hydrogens (tertiary/aromatic N) is 1. The number of nitro benzene ring substituents is 1. The number of fused-ring (bicyclic) bond motifs is 3. The van der Waals surface area contributed by atoms with Crippen LogP contribution in [0.4, 0.5) is 5.69 Å². The quantitative estimate of drug-likeness (QED) is 0.353. The van der Waals surface area contributed by atoms with Crippen LogP contribution < -0.4 is 5.32 Å². The zero-order valence-corrected chi connectivity index (χ0v) is 15.8. The fourth-order valence-corrected chi connectivity index (χ4v) is 3.29. The molecule has 0 amide bonds. The summed E-state index contributed by atoms with van der Waals surface area (Å²) in [5, 5.41) is 34.3. The molecule has 3 aromatic rings. The van der Waals surface area contributed by atoms with E-state index in [9.17, 15) is 34.7 Å². The van der Waals surface area contributed by atoms with Gasteiger partial charge in [0.05, 0.1) is 16.6 Å². The summed E-state index contributed by atoms with van der Waals surface area (Å²) >= 11 is 0. The minimum absolute atomic E-state index is 0.0796. The van der Waals surface area contributed by atoms with Crippen molar-refractivity contribution in [2.45, 2.75) is 31.8 Å². The Labute approximate surface area is 169 Å². The molecule has 0 saturated heterocycles. The fraction of sp³-hybridized carbons (Fsp3) is 0.250. The smallest absolute Gasteiger partial charge is 0.325 e. The van der Waals surface area contributed by atoms with E-state index in [4.69, 9.17) is 4.42 Å². The van der Waals surface area contributed by atoms with Crippen molar-refractivity contribution in [3.63, 3.8) is 0 Å². The molecule has 30 heavy (non-hydrogen) atoms. The molecule has 2 unspecified atom stereocenters. The Balaban J connectivity index is 2.13. The zero-order chi connectivity index (χ0) is 22.0. The van der Waals surface area contributed by atoms with Gasteiger partial charge in [-0.1, -0.05) is 18.2 Å². The van der Waals surface area contributed by atoms with Crippen LogP contribution in [-0.4, -0.2) is 38.9 Å². The van der Waals surface area contributed by atoms with Crippen LogP contribution in [0.15, 0.2) is 40.8 Å². The van der Waals surface area contributed by atoms with E-state index in [0.29, 0.717) is 16.4 Å². The van der Waals surface area contributed by atoms with E-state index in [0.717, 1.165) is 6.07 Å². The van der Waals surface area contributed by atoms with Crippen molar-refractivity contribution in [3.05, 3.63) is 52.1 Å². The van der Waals surface area contributed by atoms with Gasteiger partial charge < -0.3 is 19.4 Å². The third kappa shape index (κ3) is 4.13. The minimum atomic E-state index is -1.68. The average Bonchev–Trinajstić information content (AvgIpc) is 3.04. The number of benzene rings is 2. The molecule has 2 atom stereocenters. The number of aliphatic carboxylic acids is 2. The number of para-hydroxylation sites is 1. The Morgan fingerprint density at radius 2 is 1.80 bits per heavy atom. The number of carboxylic acid groups (broad SMARTS) is 2. The van der Waals surface area contributed by atoms with Crippen LogP contribution in [0.5, 0.6) is 0 Å². The topological polar surface area (TPSA) is 160 Å². The molecule has 0 spiro atoms. The molecule has 10 heteroatoms. The summed E-state index contributed by atoms with van der Waals surface area (Å²) in [7, 11) is 0. The molecule has 0 aliphatic carbocycles. The number of rotatable bonds is 9. The first kappa shape index (κ1) is 20.9. The first-order valence-corrected chi connectivity index (χ1v) is 8.99. The molecule has 2 aromatic carbocycles. The molecule has 0 bridgehead atoms. The van der Waals surface area contributed by atoms with Gasteiger partial charge in [0.2, 0.25) is 0 Å². The number of carbonyl (C=O) groups excluding carboxylic acids is 1. The van der Waals surface area contributed by atoms with Crippen molar-refractivity contribution in [3.8, 4) is 0 Å². The summed E-state index contributed by atoms with van der Waals surface area (Å²) in [5.74, 6) is -3.11. The number of carboxylic acids is 2. The van der Waals surface area contributed by atoms with Crippen LogP contribution in [0.3, 0.4) is 0 Å². The molecule has 0 fully saturated rings. The van der Waals surface area contributed by atoms with E-state index in [1.54, 1.807) is 24.3 Å². The third-order valence-electron chi connectivity index (χ3n) is 4.73. The lowest BCUT2D eigenvalue weighted by Crippen LogP contribution is -2.42. The molecule has 3 rings (SSSR count). The first-order chi connectivity index (χ1) is 14.2. The molecule has 0 aliphatic rings. The van der Waals surface area contributed by atoms with E-state index in [-0.39, 0.29) is 29.8 Å². The van der Waals surface area contributed by atoms with Gasteiger partial charge in [0.1, 0.15) is 29.0 Å². The van der Waals surface area contributed by atoms with E-state index in [2.05, 4.69) is 5.32 Å². The average molecular weight is 414 g/mol. The van der Waals surface area contributed by atoms with E-state index in [1.807, 2.05) is 0 Å². The molecule has 1 heterocycles. The second-order valence-corrected chi connectivity index (χ2v) is 6.83. The lowest BCUT2D eigenvalue weighted by Gasteiger charge is -2.20. The molecule has 156 valence electrons. The number of ketones is 1. The van der Waals surface area contributed by atoms with Crippen LogP contribution in [0.1, 0.15) is 31.4 Å². The maximum absolute atomic E-state index is 11.9. The number of Topliss-reactive ketones (excluding diaryl/α,β-unsaturated/α-hetero) is 1. The zero-order valence-electron chi connectivity index (χ0n) is 15.8. The predicted molar refractivity (Wildman–Crippen MR) is 105 cm³/mol. The van der Waals surface area contributed by atoms with Crippen molar-refractivity contribution in [1.29, 1.82) is 0 Å². The van der Waals surface area contributed by atoms with Crippen molar-refractivity contribution in [2.24, 2.45) is 0 Å². The largest absolute Gasteiger partial charge is 0.480 e. The van der Waals surface area contributed by atoms with Crippen molar-refractivity contribution in [1.82, 2.24) is 5.32 Å². The van der Waals surface area contributed by atoms with Gasteiger partial charge in [-0.05, 0) is 25.5 Å². The second kappa shape index (κ2) is 8.29. The number of nitrogens with one attached hydrogen (secondary N) is 1. The van der Waals surface area contributed by atoms with Gasteiger partial charge in [-0.3, -0.25) is 25.0 Å². The van der Waals surface area contributed by atoms with Gasteiger partial charge >= 0.3 is 11.9 Å². The highest BCUT2D eigenvalue weighted by Gasteiger charge is 2.33. The summed E-state index contributed by atoms with van der Waals surface area (Å²) < 4.78 is 5.62. The lowest BCUT2D eigenvalue weighted by molar-refractivity contribution is -0.385. The Morgan fingerprint density at radius 3 is 2.40 bits per heavy atom. The van der Waals surface area contributed by atoms with Gasteiger partial charge in [-0.15, -0.1) is 0 Å². The fourth-order valence-electron chi connectivity index (χ4n) is 3.29. The maximum atomic E-state index is 11.9. The first-order valence-electron chi connectivity index (χ1n) is 8.99. The summed E-state index contributed by atoms with van der Waals surface area (Å²) in [5.41, 5.74) is -0.0383. The lowest BCUT2D eigenvalue weighted by atomic mass is 9.99. The van der Waals surface area contributed by atoms with Crippen LogP contribution in [-0.2, 0) is 14.4 Å². The summed E-state index contributed by atoms with van der Waals surface area (Å²) in [6, 6.07) is 6.27. The van der Waals surface area contributed by atoms with Crippen molar-refractivity contribution >= 4 is 45.3 Å². The molecule has 1 aromatic heterocycles. The van der Waals surface area contributed by atoms with Gasteiger partial charge in [0, 0.05) is 17.2 Å². The third-order valence-corrected chi connectivity index (χ3v) is 4.73. The predicted octanol–water partition coefficient (Wildman–Crippen LogP) is 3.03. The van der Waals surface area contributed by atoms with Crippen LogP contribution >= 0.6 is 0 Å². The standard InChI is InChI=1S/C20H18N2O8/c1-10(23)6-7-14(19(24)25)21-18(20(26)27)13-8-12-11-4-2-3-5-16(11)30-17(12)9-15(13)22(28)29/h2-5,8-9,14,18,21H,6-7H2,1H3,(H,24,25)(H,26,27). The van der Waals surface area contributed by atoms with Gasteiger partial charge in [-0.25, -0.2) is 0 Å². The summed E-state index contributed by atoms with van der Waals surface area (Å²) in [4.78, 5) is 45.6. The van der Waals surface area contributed by atoms with E-state index < -0.39 is 34.6 Å². The Morgan fingerprint density at radius 1 is 1.10 bits per heavy atom. The molecule has 3 N–H and O–H groups in total. The highest BCUT2D eigenvalue weighted by molar-refractivity contribution is 6.06. The van der Waals surface area contributed by atoms with Gasteiger partial charge in [0.15, 0.2) is 0 Å². The number of furan rings is 1. The van der Waals surface area contributed by atoms with E-state index in [1.165, 1.54) is 13.0 Å². The normalized spacial score (nSPS) is 13.2. The van der Waals surface area contributed by atoms with E-state index >= 15 is 0 Å². The van der Waals surface area contributed by atoms with Crippen molar-refractivity contribution in [2.75, 3.05) is 0 Å². The van der Waals surface area contributed by atoms with Crippen LogP contribution in [0.2, 0.25) is 0 Å². The number of nitro groups is 1. The summed E-state index contributed by atoms with van der Waals surface area (Å²) in [6.45, 7) is 1.29. The molecule has 10 nitrogen and oxygen atoms in total. The molecular weight excluding hydrogens is 396 g/mol. The number of hydrogen-bond acceptors (Lipinski definition) is 7. The van der Waals surface area contributed by atoms with Gasteiger partial charge in [-0.2, -0.15) is 0 Å². The number of carbonyl (C=O) groups is 3. The highest BCUT2D eigenvalue weighted by Crippen LogP contribution is 2.36. The van der Waals surface area contributed by atoms with Crippen molar-refractivity contribution < 1.29 is 33.9 Å². The van der Waals surface area contributed by atoms with Crippen LogP contribution in [0, 0.1) is 10.1 Å².